The van der Waals surface area contributed by atoms with Crippen LogP contribution in [0.25, 0.3) is 0 Å². The molecule has 2 aromatic rings. The number of anilines is 3. The van der Waals surface area contributed by atoms with Gasteiger partial charge in [-0.3, -0.25) is 9.59 Å². The number of nitrogens with one attached hydrogen (secondary N) is 3. The molecule has 1 aromatic heterocycles. The van der Waals surface area contributed by atoms with E-state index in [0.29, 0.717) is 27.7 Å². The largest absolute Gasteiger partial charge is 0.495 e. The van der Waals surface area contributed by atoms with Crippen molar-refractivity contribution in [1.82, 2.24) is 0 Å². The van der Waals surface area contributed by atoms with Crippen LogP contribution in [0.15, 0.2) is 18.2 Å². The van der Waals surface area contributed by atoms with Crippen LogP contribution in [-0.2, 0) is 20.7 Å². The van der Waals surface area contributed by atoms with Crippen molar-refractivity contribution in [3.63, 3.8) is 0 Å². The Morgan fingerprint density at radius 2 is 1.87 bits per heavy atom. The standard InChI is InChI=1S/C21H27N3O5S/c1-6-17-12(3)19(21(27)29-7-2)20(30-17)24-18(26)11-22-15-10-14(23-13(4)25)8-9-16(15)28-5/h8-10,22H,6-7,11H2,1-5H3,(H,23,25)(H,24,26). The molecular weight excluding hydrogens is 406 g/mol. The molecule has 2 rings (SSSR count). The fourth-order valence-corrected chi connectivity index (χ4v) is 4.06. The van der Waals surface area contributed by atoms with Crippen molar-refractivity contribution < 1.29 is 23.9 Å². The van der Waals surface area contributed by atoms with Crippen molar-refractivity contribution in [2.24, 2.45) is 0 Å². The molecule has 0 spiro atoms. The third-order valence-corrected chi connectivity index (χ3v) is 5.61. The van der Waals surface area contributed by atoms with E-state index in [9.17, 15) is 14.4 Å². The van der Waals surface area contributed by atoms with Crippen LogP contribution in [0.4, 0.5) is 16.4 Å². The number of carbonyl (C=O) groups excluding carboxylic acids is 3. The number of amides is 2. The molecule has 8 nitrogen and oxygen atoms in total. The fraction of sp³-hybridized carbons (Fsp3) is 0.381. The van der Waals surface area contributed by atoms with Gasteiger partial charge in [-0.1, -0.05) is 6.92 Å². The van der Waals surface area contributed by atoms with E-state index < -0.39 is 5.97 Å². The van der Waals surface area contributed by atoms with Crippen LogP contribution in [0.2, 0.25) is 0 Å². The van der Waals surface area contributed by atoms with Crippen molar-refractivity contribution in [1.29, 1.82) is 0 Å². The number of hydrogen-bond donors (Lipinski definition) is 3. The van der Waals surface area contributed by atoms with E-state index in [-0.39, 0.29) is 25.0 Å². The Bertz CT molecular complexity index is 939. The maximum Gasteiger partial charge on any atom is 0.341 e. The van der Waals surface area contributed by atoms with Gasteiger partial charge in [0.25, 0.3) is 0 Å². The molecule has 0 bridgehead atoms. The number of ether oxygens (including phenoxy) is 2. The van der Waals surface area contributed by atoms with Crippen molar-refractivity contribution in [2.75, 3.05) is 36.2 Å². The van der Waals surface area contributed by atoms with Crippen molar-refractivity contribution >= 4 is 45.5 Å². The first-order valence-electron chi connectivity index (χ1n) is 9.59. The molecule has 30 heavy (non-hydrogen) atoms. The average Bonchev–Trinajstić information content (AvgIpc) is 3.01. The average molecular weight is 434 g/mol. The van der Waals surface area contributed by atoms with E-state index in [1.165, 1.54) is 25.4 Å². The number of hydrogen-bond acceptors (Lipinski definition) is 7. The predicted molar refractivity (Wildman–Crippen MR) is 119 cm³/mol. The number of methoxy groups -OCH3 is 1. The quantitative estimate of drug-likeness (QED) is 0.519. The third-order valence-electron chi connectivity index (χ3n) is 4.26. The lowest BCUT2D eigenvalue weighted by atomic mass is 10.1. The number of benzene rings is 1. The van der Waals surface area contributed by atoms with E-state index in [2.05, 4.69) is 16.0 Å². The minimum Gasteiger partial charge on any atom is -0.495 e. The minimum atomic E-state index is -0.445. The highest BCUT2D eigenvalue weighted by Gasteiger charge is 2.23. The summed E-state index contributed by atoms with van der Waals surface area (Å²) in [5, 5.41) is 8.98. The summed E-state index contributed by atoms with van der Waals surface area (Å²) >= 11 is 1.37. The highest BCUT2D eigenvalue weighted by molar-refractivity contribution is 7.17. The lowest BCUT2D eigenvalue weighted by molar-refractivity contribution is -0.115. The number of rotatable bonds is 9. The number of aryl methyl sites for hydroxylation is 1. The first kappa shape index (κ1) is 23.2. The summed E-state index contributed by atoms with van der Waals surface area (Å²) in [5.41, 5.74) is 2.37. The maximum atomic E-state index is 12.6. The van der Waals surface area contributed by atoms with Crippen molar-refractivity contribution in [3.05, 3.63) is 34.2 Å². The Morgan fingerprint density at radius 1 is 1.13 bits per heavy atom. The lowest BCUT2D eigenvalue weighted by Crippen LogP contribution is -2.23. The zero-order valence-electron chi connectivity index (χ0n) is 17.8. The Hall–Kier alpha value is -3.07. The molecule has 2 amide bonds. The van der Waals surface area contributed by atoms with Gasteiger partial charge in [0.2, 0.25) is 11.8 Å². The smallest absolute Gasteiger partial charge is 0.341 e. The molecule has 9 heteroatoms. The minimum absolute atomic E-state index is 0.0550. The van der Waals surface area contributed by atoms with Gasteiger partial charge in [-0.05, 0) is 44.0 Å². The molecule has 0 aliphatic carbocycles. The second-order valence-corrected chi connectivity index (χ2v) is 7.53. The van der Waals surface area contributed by atoms with Gasteiger partial charge in [0, 0.05) is 17.5 Å². The van der Waals surface area contributed by atoms with E-state index in [1.54, 1.807) is 25.1 Å². The van der Waals surface area contributed by atoms with Crippen LogP contribution >= 0.6 is 11.3 Å². The van der Waals surface area contributed by atoms with Crippen molar-refractivity contribution in [2.45, 2.75) is 34.1 Å². The van der Waals surface area contributed by atoms with E-state index in [1.807, 2.05) is 13.8 Å². The molecule has 0 aliphatic heterocycles. The maximum absolute atomic E-state index is 12.6. The summed E-state index contributed by atoms with van der Waals surface area (Å²) in [5.74, 6) is -0.435. The van der Waals surface area contributed by atoms with Crippen LogP contribution in [0.5, 0.6) is 5.75 Å². The van der Waals surface area contributed by atoms with Gasteiger partial charge >= 0.3 is 5.97 Å². The van der Waals surface area contributed by atoms with Gasteiger partial charge < -0.3 is 25.4 Å². The highest BCUT2D eigenvalue weighted by atomic mass is 32.1. The molecular formula is C21H27N3O5S. The Morgan fingerprint density at radius 3 is 2.47 bits per heavy atom. The molecule has 0 saturated carbocycles. The van der Waals surface area contributed by atoms with Crippen LogP contribution < -0.4 is 20.7 Å². The van der Waals surface area contributed by atoms with Crippen LogP contribution in [0.3, 0.4) is 0 Å². The van der Waals surface area contributed by atoms with Gasteiger partial charge in [0.1, 0.15) is 10.8 Å². The van der Waals surface area contributed by atoms with Crippen molar-refractivity contribution in [3.8, 4) is 5.75 Å². The molecule has 162 valence electrons. The first-order chi connectivity index (χ1) is 14.3. The number of carbonyl (C=O) groups is 3. The summed E-state index contributed by atoms with van der Waals surface area (Å²) in [6, 6.07) is 5.08. The Labute approximate surface area is 180 Å². The molecule has 1 heterocycles. The molecule has 3 N–H and O–H groups in total. The van der Waals surface area contributed by atoms with E-state index in [0.717, 1.165) is 16.9 Å². The predicted octanol–water partition coefficient (Wildman–Crippen LogP) is 3.81. The first-order valence-corrected chi connectivity index (χ1v) is 10.4. The van der Waals surface area contributed by atoms with Gasteiger partial charge in [0.05, 0.1) is 31.5 Å². The number of esters is 1. The zero-order valence-corrected chi connectivity index (χ0v) is 18.6. The Balaban J connectivity index is 2.15. The molecule has 0 saturated heterocycles. The van der Waals surface area contributed by atoms with Gasteiger partial charge in [-0.25, -0.2) is 4.79 Å². The Kier molecular flexibility index (Phi) is 8.23. The SMILES string of the molecule is CCOC(=O)c1c(NC(=O)CNc2cc(NC(C)=O)ccc2OC)sc(CC)c1C. The van der Waals surface area contributed by atoms with Crippen LogP contribution in [0, 0.1) is 6.92 Å². The molecule has 0 atom stereocenters. The summed E-state index contributed by atoms with van der Waals surface area (Å²) in [4.78, 5) is 37.2. The van der Waals surface area contributed by atoms with Crippen LogP contribution in [-0.4, -0.2) is 38.0 Å². The fourth-order valence-electron chi connectivity index (χ4n) is 2.91. The highest BCUT2D eigenvalue weighted by Crippen LogP contribution is 2.34. The third kappa shape index (κ3) is 5.73. The van der Waals surface area contributed by atoms with Crippen LogP contribution in [0.1, 0.15) is 41.6 Å². The molecule has 1 aromatic carbocycles. The summed E-state index contributed by atoms with van der Waals surface area (Å²) in [6.45, 7) is 7.21. The zero-order chi connectivity index (χ0) is 22.3. The second-order valence-electron chi connectivity index (χ2n) is 6.43. The lowest BCUT2D eigenvalue weighted by Gasteiger charge is -2.13. The van der Waals surface area contributed by atoms with Gasteiger partial charge in [-0.2, -0.15) is 0 Å². The second kappa shape index (κ2) is 10.6. The van der Waals surface area contributed by atoms with Gasteiger partial charge in [-0.15, -0.1) is 11.3 Å². The molecule has 0 unspecified atom stereocenters. The summed E-state index contributed by atoms with van der Waals surface area (Å²) < 4.78 is 10.4. The topological polar surface area (TPSA) is 106 Å². The monoisotopic (exact) mass is 433 g/mol. The summed E-state index contributed by atoms with van der Waals surface area (Å²) in [6.07, 6.45) is 0.754. The summed E-state index contributed by atoms with van der Waals surface area (Å²) in [7, 11) is 1.52. The molecule has 0 fully saturated rings. The molecule has 0 aliphatic rings. The van der Waals surface area contributed by atoms with E-state index >= 15 is 0 Å². The van der Waals surface area contributed by atoms with Gasteiger partial charge in [0.15, 0.2) is 0 Å². The molecule has 0 radical (unpaired) electrons. The number of thiophene rings is 1. The normalized spacial score (nSPS) is 10.3. The van der Waals surface area contributed by atoms with E-state index in [4.69, 9.17) is 9.47 Å².